The minimum atomic E-state index is -4.61. The molecule has 1 N–H and O–H groups in total. The van der Waals surface area contributed by atoms with E-state index < -0.39 is 12.0 Å². The van der Waals surface area contributed by atoms with Crippen LogP contribution in [0.1, 0.15) is 12.2 Å². The molecule has 1 aromatic carbocycles. The fourth-order valence-electron chi connectivity index (χ4n) is 2.83. The second-order valence-corrected chi connectivity index (χ2v) is 6.01. The predicted molar refractivity (Wildman–Crippen MR) is 91.5 cm³/mol. The molecule has 2 aromatic rings. The Balaban J connectivity index is 1.74. The van der Waals surface area contributed by atoms with Crippen molar-refractivity contribution in [3.63, 3.8) is 0 Å². The lowest BCUT2D eigenvalue weighted by Crippen LogP contribution is -2.37. The van der Waals surface area contributed by atoms with Crippen molar-refractivity contribution in [3.8, 4) is 5.75 Å². The average Bonchev–Trinajstić information content (AvgIpc) is 2.64. The maximum absolute atomic E-state index is 13.1. The summed E-state index contributed by atoms with van der Waals surface area (Å²) in [7, 11) is 1.46. The Hall–Kier alpha value is -2.13. The summed E-state index contributed by atoms with van der Waals surface area (Å²) >= 11 is 0. The van der Waals surface area contributed by atoms with Crippen LogP contribution in [-0.4, -0.2) is 61.4 Å². The molecule has 3 rings (SSSR count). The van der Waals surface area contributed by atoms with Crippen LogP contribution >= 0.6 is 0 Å². The molecule has 1 aromatic heterocycles. The number of benzene rings is 1. The fraction of sp³-hybridized carbons (Fsp3) is 0.529. The van der Waals surface area contributed by atoms with E-state index in [1.165, 1.54) is 13.2 Å². The number of ether oxygens (including phenoxy) is 2. The van der Waals surface area contributed by atoms with Crippen LogP contribution in [0.5, 0.6) is 5.75 Å². The summed E-state index contributed by atoms with van der Waals surface area (Å²) in [5.41, 5.74) is 0.197. The Morgan fingerprint density at radius 1 is 1.23 bits per heavy atom. The van der Waals surface area contributed by atoms with Gasteiger partial charge in [0.1, 0.15) is 11.6 Å². The van der Waals surface area contributed by atoms with Gasteiger partial charge in [0.15, 0.2) is 0 Å². The highest BCUT2D eigenvalue weighted by molar-refractivity contribution is 5.90. The van der Waals surface area contributed by atoms with Crippen molar-refractivity contribution in [2.75, 3.05) is 51.8 Å². The van der Waals surface area contributed by atoms with Crippen molar-refractivity contribution in [3.05, 3.63) is 24.0 Å². The number of methoxy groups -OCH3 is 1. The average molecular weight is 370 g/mol. The first-order valence-electron chi connectivity index (χ1n) is 8.44. The molecule has 1 fully saturated rings. The Morgan fingerprint density at radius 3 is 2.69 bits per heavy atom. The van der Waals surface area contributed by atoms with E-state index in [4.69, 9.17) is 9.47 Å². The molecule has 9 heteroatoms. The second-order valence-electron chi connectivity index (χ2n) is 6.01. The quantitative estimate of drug-likeness (QED) is 0.789. The number of aromatic nitrogens is 2. The van der Waals surface area contributed by atoms with Gasteiger partial charge in [0.05, 0.1) is 25.8 Å². The first-order chi connectivity index (χ1) is 12.5. The normalized spacial score (nSPS) is 16.0. The highest BCUT2D eigenvalue weighted by atomic mass is 19.4. The van der Waals surface area contributed by atoms with Gasteiger partial charge in [0.25, 0.3) is 0 Å². The molecule has 0 spiro atoms. The number of nitrogens with one attached hydrogen (secondary N) is 1. The van der Waals surface area contributed by atoms with Crippen LogP contribution in [0.15, 0.2) is 18.2 Å². The number of rotatable bonds is 6. The van der Waals surface area contributed by atoms with Crippen LogP contribution in [0.3, 0.4) is 0 Å². The smallest absolute Gasteiger partial charge is 0.451 e. The fourth-order valence-corrected chi connectivity index (χ4v) is 2.83. The SMILES string of the molecule is COc1ccc2c(NCCCN3CCOCC3)nc(C(F)(F)F)nc2c1. The third-order valence-corrected chi connectivity index (χ3v) is 4.20. The standard InChI is InChI=1S/C17H21F3N4O2/c1-25-12-3-4-13-14(11-12)22-16(17(18,19)20)23-15(13)21-5-2-6-24-7-9-26-10-8-24/h3-4,11H,2,5-10H2,1H3,(H,21,22,23). The number of hydrogen-bond acceptors (Lipinski definition) is 6. The predicted octanol–water partition coefficient (Wildman–Crippen LogP) is 2.79. The first-order valence-corrected chi connectivity index (χ1v) is 8.44. The van der Waals surface area contributed by atoms with Crippen LogP contribution in [0, 0.1) is 0 Å². The van der Waals surface area contributed by atoms with Gasteiger partial charge in [-0.1, -0.05) is 0 Å². The molecule has 0 unspecified atom stereocenters. The van der Waals surface area contributed by atoms with Crippen molar-refractivity contribution in [2.45, 2.75) is 12.6 Å². The zero-order valence-electron chi connectivity index (χ0n) is 14.5. The van der Waals surface area contributed by atoms with Crippen molar-refractivity contribution in [1.29, 1.82) is 0 Å². The molecule has 1 aliphatic heterocycles. The van der Waals surface area contributed by atoms with E-state index in [0.717, 1.165) is 39.3 Å². The number of halogens is 3. The van der Waals surface area contributed by atoms with Crippen LogP contribution in [-0.2, 0) is 10.9 Å². The minimum Gasteiger partial charge on any atom is -0.497 e. The molecule has 0 bridgehead atoms. The van der Waals surface area contributed by atoms with Gasteiger partial charge in [-0.15, -0.1) is 0 Å². The summed E-state index contributed by atoms with van der Waals surface area (Å²) in [5, 5.41) is 3.56. The molecule has 142 valence electrons. The van der Waals surface area contributed by atoms with E-state index in [-0.39, 0.29) is 11.3 Å². The highest BCUT2D eigenvalue weighted by Crippen LogP contribution is 2.31. The number of morpholine rings is 1. The molecule has 6 nitrogen and oxygen atoms in total. The molecule has 0 radical (unpaired) electrons. The van der Waals surface area contributed by atoms with E-state index in [0.29, 0.717) is 17.7 Å². The largest absolute Gasteiger partial charge is 0.497 e. The highest BCUT2D eigenvalue weighted by Gasteiger charge is 2.35. The van der Waals surface area contributed by atoms with Crippen molar-refractivity contribution in [1.82, 2.24) is 14.9 Å². The van der Waals surface area contributed by atoms with Gasteiger partial charge in [0, 0.05) is 31.1 Å². The molecule has 0 atom stereocenters. The molecule has 0 saturated carbocycles. The lowest BCUT2D eigenvalue weighted by molar-refractivity contribution is -0.144. The Kier molecular flexibility index (Phi) is 5.77. The molecule has 1 saturated heterocycles. The molecule has 0 aliphatic carbocycles. The zero-order chi connectivity index (χ0) is 18.6. The number of nitrogens with zero attached hydrogens (tertiary/aromatic N) is 3. The van der Waals surface area contributed by atoms with Gasteiger partial charge < -0.3 is 14.8 Å². The summed E-state index contributed by atoms with van der Waals surface area (Å²) in [6.45, 7) is 4.59. The van der Waals surface area contributed by atoms with Crippen LogP contribution in [0.2, 0.25) is 0 Å². The number of fused-ring (bicyclic) bond motifs is 1. The van der Waals surface area contributed by atoms with E-state index in [1.54, 1.807) is 12.1 Å². The Labute approximate surface area is 149 Å². The summed E-state index contributed by atoms with van der Waals surface area (Å²) in [6.07, 6.45) is -3.81. The number of anilines is 1. The van der Waals surface area contributed by atoms with Crippen LogP contribution in [0.25, 0.3) is 10.9 Å². The summed E-state index contributed by atoms with van der Waals surface area (Å²) < 4.78 is 49.7. The Bertz CT molecular complexity index is 749. The van der Waals surface area contributed by atoms with Gasteiger partial charge >= 0.3 is 6.18 Å². The van der Waals surface area contributed by atoms with E-state index >= 15 is 0 Å². The summed E-state index contributed by atoms with van der Waals surface area (Å²) in [5.74, 6) is -0.525. The maximum Gasteiger partial charge on any atom is 0.451 e. The monoisotopic (exact) mass is 370 g/mol. The first kappa shape index (κ1) is 18.7. The second kappa shape index (κ2) is 8.05. The van der Waals surface area contributed by atoms with Crippen molar-refractivity contribution < 1.29 is 22.6 Å². The van der Waals surface area contributed by atoms with Crippen molar-refractivity contribution in [2.24, 2.45) is 0 Å². The summed E-state index contributed by atoms with van der Waals surface area (Å²) in [6, 6.07) is 4.82. The van der Waals surface area contributed by atoms with E-state index in [9.17, 15) is 13.2 Å². The molecule has 26 heavy (non-hydrogen) atoms. The zero-order valence-corrected chi connectivity index (χ0v) is 14.5. The van der Waals surface area contributed by atoms with Crippen LogP contribution in [0.4, 0.5) is 19.0 Å². The van der Waals surface area contributed by atoms with Gasteiger partial charge in [0.2, 0.25) is 5.82 Å². The third-order valence-electron chi connectivity index (χ3n) is 4.20. The number of alkyl halides is 3. The lowest BCUT2D eigenvalue weighted by atomic mass is 10.2. The number of hydrogen-bond donors (Lipinski definition) is 1. The minimum absolute atomic E-state index is 0.187. The third kappa shape index (κ3) is 4.53. The van der Waals surface area contributed by atoms with Crippen molar-refractivity contribution >= 4 is 16.7 Å². The van der Waals surface area contributed by atoms with Gasteiger partial charge in [-0.2, -0.15) is 13.2 Å². The topological polar surface area (TPSA) is 59.5 Å². The van der Waals surface area contributed by atoms with Gasteiger partial charge in [-0.25, -0.2) is 9.97 Å². The van der Waals surface area contributed by atoms with Gasteiger partial charge in [-0.3, -0.25) is 4.90 Å². The maximum atomic E-state index is 13.1. The molecule has 0 amide bonds. The van der Waals surface area contributed by atoms with E-state index in [1.807, 2.05) is 0 Å². The Morgan fingerprint density at radius 2 is 2.00 bits per heavy atom. The van der Waals surface area contributed by atoms with Gasteiger partial charge in [-0.05, 0) is 25.1 Å². The molecule has 1 aliphatic rings. The van der Waals surface area contributed by atoms with Crippen LogP contribution < -0.4 is 10.1 Å². The summed E-state index contributed by atoms with van der Waals surface area (Å²) in [4.78, 5) is 9.60. The van der Waals surface area contributed by atoms with E-state index in [2.05, 4.69) is 20.2 Å². The molecular weight excluding hydrogens is 349 g/mol. The molecule has 2 heterocycles. The molecular formula is C17H21F3N4O2. The lowest BCUT2D eigenvalue weighted by Gasteiger charge is -2.26.